The lowest BCUT2D eigenvalue weighted by Crippen LogP contribution is -2.18. The van der Waals surface area contributed by atoms with Crippen LogP contribution in [0.25, 0.3) is 0 Å². The van der Waals surface area contributed by atoms with Gasteiger partial charge < -0.3 is 5.32 Å². The lowest BCUT2D eigenvalue weighted by atomic mass is 9.99. The maximum Gasteiger partial charge on any atom is 0.354 e. The molecule has 2 aromatic carbocycles. The Labute approximate surface area is 147 Å². The van der Waals surface area contributed by atoms with Crippen molar-refractivity contribution in [1.82, 2.24) is 0 Å². The number of benzene rings is 2. The first-order valence-corrected chi connectivity index (χ1v) is 10.2. The van der Waals surface area contributed by atoms with Crippen molar-refractivity contribution in [2.75, 3.05) is 5.32 Å². The van der Waals surface area contributed by atoms with E-state index in [0.29, 0.717) is 4.90 Å². The number of carbonyl (C=O) groups excluding carboxylic acids is 1. The summed E-state index contributed by atoms with van der Waals surface area (Å²) in [5, 5.41) is 8.72. The van der Waals surface area contributed by atoms with Gasteiger partial charge in [0.1, 0.15) is 9.92 Å². The van der Waals surface area contributed by atoms with Crippen LogP contribution in [0.1, 0.15) is 35.1 Å². The summed E-state index contributed by atoms with van der Waals surface area (Å²) in [6.07, 6.45) is 6.26. The number of aryl methyl sites for hydroxylation is 2. The van der Waals surface area contributed by atoms with Crippen LogP contribution < -0.4 is 10.5 Å². The van der Waals surface area contributed by atoms with Crippen LogP contribution in [0.5, 0.6) is 0 Å². The molecule has 2 amide bonds. The smallest absolute Gasteiger partial charge is 0.305 e. The van der Waals surface area contributed by atoms with Crippen LogP contribution in [0.3, 0.4) is 0 Å². The van der Waals surface area contributed by atoms with Gasteiger partial charge in [0.05, 0.1) is 4.90 Å². The predicted octanol–water partition coefficient (Wildman–Crippen LogP) is 3.60. The zero-order valence-corrected chi connectivity index (χ0v) is 14.8. The quantitative estimate of drug-likeness (QED) is 0.862. The van der Waals surface area contributed by atoms with Gasteiger partial charge in [-0.15, -0.1) is 4.36 Å². The SMILES string of the molecule is N[S@@](=O)(=NC(=O)Nc1c2c(cc3c1CCC3)CCC2)c1ccccc1. The highest BCUT2D eigenvalue weighted by molar-refractivity contribution is 7.91. The summed E-state index contributed by atoms with van der Waals surface area (Å²) in [5.41, 5.74) is 5.97. The second-order valence-electron chi connectivity index (χ2n) is 6.64. The summed E-state index contributed by atoms with van der Waals surface area (Å²) < 4.78 is 16.4. The Morgan fingerprint density at radius 3 is 2.20 bits per heavy atom. The standard InChI is InChI=1S/C19H21N3O2S/c20-25(24,15-8-2-1-3-9-15)22-19(23)21-18-16-10-4-6-13(16)12-14-7-5-11-17(14)18/h1-3,8-9,12H,4-7,10-11H2,(H3,20,21,22,23,24)/t25-/m1/s1. The van der Waals surface area contributed by atoms with Crippen LogP contribution in [-0.4, -0.2) is 10.2 Å². The van der Waals surface area contributed by atoms with Gasteiger partial charge in [-0.05, 0) is 72.9 Å². The molecule has 0 fully saturated rings. The number of urea groups is 1. The molecule has 0 heterocycles. The molecule has 3 N–H and O–H groups in total. The van der Waals surface area contributed by atoms with Gasteiger partial charge in [0.2, 0.25) is 0 Å². The summed E-state index contributed by atoms with van der Waals surface area (Å²) in [6, 6.07) is 10.2. The van der Waals surface area contributed by atoms with Gasteiger partial charge in [0, 0.05) is 5.69 Å². The molecule has 0 saturated carbocycles. The van der Waals surface area contributed by atoms with E-state index in [1.807, 2.05) is 0 Å². The molecule has 0 saturated heterocycles. The molecule has 0 spiro atoms. The molecule has 0 unspecified atom stereocenters. The van der Waals surface area contributed by atoms with Crippen LogP contribution in [0.15, 0.2) is 45.7 Å². The molecule has 2 aliphatic carbocycles. The maximum absolute atomic E-state index is 12.6. The third-order valence-corrected chi connectivity index (χ3v) is 6.39. The zero-order chi connectivity index (χ0) is 17.4. The molecule has 6 heteroatoms. The first kappa shape index (κ1) is 16.3. The van der Waals surface area contributed by atoms with E-state index in [9.17, 15) is 9.00 Å². The second-order valence-corrected chi connectivity index (χ2v) is 8.43. The molecule has 25 heavy (non-hydrogen) atoms. The molecule has 0 radical (unpaired) electrons. The summed E-state index contributed by atoms with van der Waals surface area (Å²) in [4.78, 5) is 12.8. The van der Waals surface area contributed by atoms with Crippen molar-refractivity contribution in [3.8, 4) is 0 Å². The number of amides is 2. The fourth-order valence-corrected chi connectivity index (χ4v) is 4.83. The van der Waals surface area contributed by atoms with E-state index in [1.54, 1.807) is 30.3 Å². The molecule has 0 aromatic heterocycles. The number of nitrogens with two attached hydrogens (primary N) is 1. The summed E-state index contributed by atoms with van der Waals surface area (Å²) in [7, 11) is -3.24. The third kappa shape index (κ3) is 3.07. The average molecular weight is 355 g/mol. The summed E-state index contributed by atoms with van der Waals surface area (Å²) >= 11 is 0. The fraction of sp³-hybridized carbons (Fsp3) is 0.316. The molecule has 4 rings (SSSR count). The van der Waals surface area contributed by atoms with Crippen molar-refractivity contribution >= 4 is 21.6 Å². The Morgan fingerprint density at radius 1 is 1.00 bits per heavy atom. The van der Waals surface area contributed by atoms with Crippen LogP contribution in [0.2, 0.25) is 0 Å². The van der Waals surface area contributed by atoms with Crippen molar-refractivity contribution in [1.29, 1.82) is 0 Å². The van der Waals surface area contributed by atoms with Crippen LogP contribution in [0.4, 0.5) is 10.5 Å². The molecule has 0 aliphatic heterocycles. The topological polar surface area (TPSA) is 84.6 Å². The molecule has 5 nitrogen and oxygen atoms in total. The molecule has 2 aromatic rings. The molecular weight excluding hydrogens is 334 g/mol. The Morgan fingerprint density at radius 2 is 1.60 bits per heavy atom. The first-order chi connectivity index (χ1) is 12.0. The lowest BCUT2D eigenvalue weighted by Gasteiger charge is -2.15. The van der Waals surface area contributed by atoms with E-state index in [4.69, 9.17) is 5.14 Å². The maximum atomic E-state index is 12.6. The highest BCUT2D eigenvalue weighted by Gasteiger charge is 2.25. The number of nitrogens with one attached hydrogen (secondary N) is 1. The largest absolute Gasteiger partial charge is 0.354 e. The molecule has 0 bridgehead atoms. The fourth-order valence-electron chi connectivity index (χ4n) is 3.89. The average Bonchev–Trinajstić information content (AvgIpc) is 3.24. The summed E-state index contributed by atoms with van der Waals surface area (Å²) in [6.45, 7) is 0. The Balaban J connectivity index is 1.69. The summed E-state index contributed by atoms with van der Waals surface area (Å²) in [5.74, 6) is 0. The molecule has 2 aliphatic rings. The zero-order valence-electron chi connectivity index (χ0n) is 14.0. The molecule has 1 atom stereocenters. The monoisotopic (exact) mass is 355 g/mol. The normalized spacial score (nSPS) is 17.5. The number of nitrogens with zero attached hydrogens (tertiary/aromatic N) is 1. The van der Waals surface area contributed by atoms with Gasteiger partial charge >= 0.3 is 6.03 Å². The number of carbonyl (C=O) groups is 1. The van der Waals surface area contributed by atoms with E-state index >= 15 is 0 Å². The van der Waals surface area contributed by atoms with Gasteiger partial charge in [0.25, 0.3) is 0 Å². The number of fused-ring (bicyclic) bond motifs is 2. The van der Waals surface area contributed by atoms with E-state index < -0.39 is 15.9 Å². The highest BCUT2D eigenvalue weighted by Crippen LogP contribution is 2.38. The Hall–Kier alpha value is -2.18. The Kier molecular flexibility index (Phi) is 4.09. The van der Waals surface area contributed by atoms with E-state index in [2.05, 4.69) is 15.7 Å². The van der Waals surface area contributed by atoms with Gasteiger partial charge in [-0.3, -0.25) is 0 Å². The molecule has 130 valence electrons. The second kappa shape index (κ2) is 6.28. The van der Waals surface area contributed by atoms with E-state index in [0.717, 1.165) is 44.2 Å². The number of rotatable bonds is 2. The van der Waals surface area contributed by atoms with Crippen molar-refractivity contribution in [2.45, 2.75) is 43.4 Å². The third-order valence-electron chi connectivity index (χ3n) is 5.00. The minimum absolute atomic E-state index is 0.355. The minimum atomic E-state index is -3.24. The predicted molar refractivity (Wildman–Crippen MR) is 99.0 cm³/mol. The van der Waals surface area contributed by atoms with Crippen LogP contribution in [-0.2, 0) is 35.6 Å². The molecular formula is C19H21N3O2S. The highest BCUT2D eigenvalue weighted by atomic mass is 32.2. The van der Waals surface area contributed by atoms with Gasteiger partial charge in [-0.2, -0.15) is 0 Å². The van der Waals surface area contributed by atoms with Gasteiger partial charge in [-0.1, -0.05) is 24.3 Å². The number of hydrogen-bond donors (Lipinski definition) is 2. The minimum Gasteiger partial charge on any atom is -0.305 e. The van der Waals surface area contributed by atoms with Crippen molar-refractivity contribution in [2.24, 2.45) is 9.50 Å². The number of anilines is 1. The van der Waals surface area contributed by atoms with E-state index in [1.165, 1.54) is 22.3 Å². The van der Waals surface area contributed by atoms with Crippen molar-refractivity contribution < 1.29 is 9.00 Å². The van der Waals surface area contributed by atoms with Gasteiger partial charge in [-0.25, -0.2) is 14.1 Å². The van der Waals surface area contributed by atoms with E-state index in [-0.39, 0.29) is 0 Å². The Bertz CT molecular complexity index is 928. The van der Waals surface area contributed by atoms with Crippen LogP contribution in [0, 0.1) is 0 Å². The van der Waals surface area contributed by atoms with Crippen LogP contribution >= 0.6 is 0 Å². The van der Waals surface area contributed by atoms with Crippen molar-refractivity contribution in [3.63, 3.8) is 0 Å². The van der Waals surface area contributed by atoms with Gasteiger partial charge in [0.15, 0.2) is 0 Å². The number of hydrogen-bond acceptors (Lipinski definition) is 2. The van der Waals surface area contributed by atoms with Crippen molar-refractivity contribution in [3.05, 3.63) is 58.7 Å². The first-order valence-electron chi connectivity index (χ1n) is 8.62. The lowest BCUT2D eigenvalue weighted by molar-refractivity contribution is 0.260.